The van der Waals surface area contributed by atoms with Gasteiger partial charge in [0.2, 0.25) is 0 Å². The summed E-state index contributed by atoms with van der Waals surface area (Å²) in [5.74, 6) is 0.170. The van der Waals surface area contributed by atoms with Gasteiger partial charge in [0.15, 0.2) is 0 Å². The minimum Gasteiger partial charge on any atom is -0.462 e. The second kappa shape index (κ2) is 7.07. The number of hydrogen-bond donors (Lipinski definition) is 1. The Morgan fingerprint density at radius 2 is 2.00 bits per heavy atom. The van der Waals surface area contributed by atoms with Gasteiger partial charge in [-0.1, -0.05) is 32.4 Å². The van der Waals surface area contributed by atoms with E-state index in [0.717, 1.165) is 18.4 Å². The molecule has 1 aromatic rings. The van der Waals surface area contributed by atoms with Gasteiger partial charge in [-0.05, 0) is 30.0 Å². The lowest BCUT2D eigenvalue weighted by atomic mass is 10.1. The van der Waals surface area contributed by atoms with Crippen LogP contribution in [0.3, 0.4) is 0 Å². The molecule has 17 heavy (non-hydrogen) atoms. The van der Waals surface area contributed by atoms with Crippen LogP contribution in [0.2, 0.25) is 0 Å². The van der Waals surface area contributed by atoms with Crippen molar-refractivity contribution in [1.29, 1.82) is 0 Å². The Bertz CT molecular complexity index is 346. The molecule has 3 heteroatoms. The van der Waals surface area contributed by atoms with Crippen molar-refractivity contribution in [2.45, 2.75) is 33.2 Å². The molecule has 0 saturated carbocycles. The number of benzene rings is 1. The normalized spacial score (nSPS) is 12.2. The molecule has 0 aliphatic rings. The van der Waals surface area contributed by atoms with Crippen LogP contribution in [0.15, 0.2) is 24.3 Å². The Hall–Kier alpha value is -1.35. The quantitative estimate of drug-likeness (QED) is 0.771. The molecule has 0 radical (unpaired) electrons. The standard InChI is InChI=1S/C14H21NO2/c1-3-4-11(2)10-17-14(16)13-7-5-12(9-15)6-8-13/h5-8,11H,3-4,9-10,15H2,1-2H3. The number of carbonyl (C=O) groups excluding carboxylic acids is 1. The molecule has 1 unspecified atom stereocenters. The summed E-state index contributed by atoms with van der Waals surface area (Å²) >= 11 is 0. The first-order valence-corrected chi connectivity index (χ1v) is 6.13. The summed E-state index contributed by atoms with van der Waals surface area (Å²) < 4.78 is 5.25. The zero-order valence-corrected chi connectivity index (χ0v) is 10.6. The van der Waals surface area contributed by atoms with E-state index >= 15 is 0 Å². The molecule has 0 aromatic heterocycles. The van der Waals surface area contributed by atoms with Gasteiger partial charge in [0.05, 0.1) is 12.2 Å². The van der Waals surface area contributed by atoms with Crippen LogP contribution < -0.4 is 5.73 Å². The molecule has 0 fully saturated rings. The summed E-state index contributed by atoms with van der Waals surface area (Å²) in [6.45, 7) is 5.20. The van der Waals surface area contributed by atoms with Crippen molar-refractivity contribution in [1.82, 2.24) is 0 Å². The molecule has 2 N–H and O–H groups in total. The number of hydrogen-bond acceptors (Lipinski definition) is 3. The van der Waals surface area contributed by atoms with Gasteiger partial charge in [0, 0.05) is 6.54 Å². The predicted molar refractivity (Wildman–Crippen MR) is 68.7 cm³/mol. The average Bonchev–Trinajstić information content (AvgIpc) is 2.36. The first kappa shape index (κ1) is 13.7. The average molecular weight is 235 g/mol. The van der Waals surface area contributed by atoms with Crippen molar-refractivity contribution in [2.75, 3.05) is 6.61 Å². The highest BCUT2D eigenvalue weighted by Crippen LogP contribution is 2.09. The molecular weight excluding hydrogens is 214 g/mol. The second-order valence-electron chi connectivity index (χ2n) is 4.39. The molecule has 0 spiro atoms. The Kier molecular flexibility index (Phi) is 5.70. The highest BCUT2D eigenvalue weighted by molar-refractivity contribution is 5.89. The lowest BCUT2D eigenvalue weighted by molar-refractivity contribution is 0.0443. The molecule has 1 rings (SSSR count). The van der Waals surface area contributed by atoms with Crippen molar-refractivity contribution in [3.63, 3.8) is 0 Å². The van der Waals surface area contributed by atoms with E-state index in [4.69, 9.17) is 10.5 Å². The van der Waals surface area contributed by atoms with Crippen molar-refractivity contribution in [2.24, 2.45) is 11.7 Å². The highest BCUT2D eigenvalue weighted by Gasteiger charge is 2.09. The summed E-state index contributed by atoms with van der Waals surface area (Å²) in [5.41, 5.74) is 7.10. The van der Waals surface area contributed by atoms with Crippen LogP contribution in [-0.2, 0) is 11.3 Å². The fraction of sp³-hybridized carbons (Fsp3) is 0.500. The summed E-state index contributed by atoms with van der Waals surface area (Å²) in [4.78, 5) is 11.7. The maximum atomic E-state index is 11.7. The van der Waals surface area contributed by atoms with Gasteiger partial charge >= 0.3 is 5.97 Å². The molecule has 0 amide bonds. The number of ether oxygens (including phenoxy) is 1. The van der Waals surface area contributed by atoms with Crippen LogP contribution in [0.5, 0.6) is 0 Å². The Labute approximate surface area is 103 Å². The molecule has 0 aliphatic heterocycles. The molecule has 1 atom stereocenters. The molecule has 0 saturated heterocycles. The van der Waals surface area contributed by atoms with Crippen molar-refractivity contribution in [3.05, 3.63) is 35.4 Å². The van der Waals surface area contributed by atoms with E-state index in [1.807, 2.05) is 12.1 Å². The Morgan fingerprint density at radius 3 is 2.53 bits per heavy atom. The van der Waals surface area contributed by atoms with E-state index in [-0.39, 0.29) is 5.97 Å². The minimum absolute atomic E-state index is 0.253. The van der Waals surface area contributed by atoms with Gasteiger partial charge in [-0.3, -0.25) is 0 Å². The maximum absolute atomic E-state index is 11.7. The van der Waals surface area contributed by atoms with E-state index in [9.17, 15) is 4.79 Å². The van der Waals surface area contributed by atoms with Crippen LogP contribution in [0.1, 0.15) is 42.6 Å². The van der Waals surface area contributed by atoms with Gasteiger partial charge in [0.25, 0.3) is 0 Å². The molecule has 0 heterocycles. The van der Waals surface area contributed by atoms with E-state index in [1.54, 1.807) is 12.1 Å². The summed E-state index contributed by atoms with van der Waals surface area (Å²) in [6, 6.07) is 7.22. The van der Waals surface area contributed by atoms with Crippen molar-refractivity contribution in [3.8, 4) is 0 Å². The summed E-state index contributed by atoms with van der Waals surface area (Å²) in [5, 5.41) is 0. The van der Waals surface area contributed by atoms with Crippen molar-refractivity contribution < 1.29 is 9.53 Å². The van der Waals surface area contributed by atoms with Crippen LogP contribution in [0, 0.1) is 5.92 Å². The zero-order valence-electron chi connectivity index (χ0n) is 10.6. The van der Waals surface area contributed by atoms with E-state index in [0.29, 0.717) is 24.6 Å². The van der Waals surface area contributed by atoms with E-state index < -0.39 is 0 Å². The fourth-order valence-electron chi connectivity index (χ4n) is 1.65. The molecule has 0 aliphatic carbocycles. The predicted octanol–water partition coefficient (Wildman–Crippen LogP) is 2.74. The molecule has 3 nitrogen and oxygen atoms in total. The van der Waals surface area contributed by atoms with E-state index in [1.165, 1.54) is 0 Å². The van der Waals surface area contributed by atoms with Gasteiger partial charge in [-0.25, -0.2) is 4.79 Å². The largest absolute Gasteiger partial charge is 0.462 e. The fourth-order valence-corrected chi connectivity index (χ4v) is 1.65. The third kappa shape index (κ3) is 4.57. The van der Waals surface area contributed by atoms with Crippen LogP contribution >= 0.6 is 0 Å². The minimum atomic E-state index is -0.253. The van der Waals surface area contributed by atoms with Crippen LogP contribution in [-0.4, -0.2) is 12.6 Å². The lowest BCUT2D eigenvalue weighted by Crippen LogP contribution is -2.12. The van der Waals surface area contributed by atoms with Gasteiger partial charge < -0.3 is 10.5 Å². The van der Waals surface area contributed by atoms with Crippen molar-refractivity contribution >= 4 is 5.97 Å². The first-order chi connectivity index (χ1) is 8.17. The monoisotopic (exact) mass is 235 g/mol. The zero-order chi connectivity index (χ0) is 12.7. The number of nitrogens with two attached hydrogens (primary N) is 1. The maximum Gasteiger partial charge on any atom is 0.338 e. The number of carbonyl (C=O) groups is 1. The molecule has 1 aromatic carbocycles. The molecule has 0 bridgehead atoms. The van der Waals surface area contributed by atoms with Crippen LogP contribution in [0.25, 0.3) is 0 Å². The molecule has 94 valence electrons. The van der Waals surface area contributed by atoms with Gasteiger partial charge in [-0.2, -0.15) is 0 Å². The smallest absolute Gasteiger partial charge is 0.338 e. The lowest BCUT2D eigenvalue weighted by Gasteiger charge is -2.10. The third-order valence-electron chi connectivity index (χ3n) is 2.71. The molecular formula is C14H21NO2. The SMILES string of the molecule is CCCC(C)COC(=O)c1ccc(CN)cc1. The summed E-state index contributed by atoms with van der Waals surface area (Å²) in [6.07, 6.45) is 2.20. The highest BCUT2D eigenvalue weighted by atomic mass is 16.5. The van der Waals surface area contributed by atoms with Crippen LogP contribution in [0.4, 0.5) is 0 Å². The second-order valence-corrected chi connectivity index (χ2v) is 4.39. The summed E-state index contributed by atoms with van der Waals surface area (Å²) in [7, 11) is 0. The Balaban J connectivity index is 2.46. The number of esters is 1. The third-order valence-corrected chi connectivity index (χ3v) is 2.71. The van der Waals surface area contributed by atoms with Gasteiger partial charge in [0.1, 0.15) is 0 Å². The Morgan fingerprint density at radius 1 is 1.35 bits per heavy atom. The number of rotatable bonds is 6. The topological polar surface area (TPSA) is 52.3 Å². The van der Waals surface area contributed by atoms with Gasteiger partial charge in [-0.15, -0.1) is 0 Å². The van der Waals surface area contributed by atoms with E-state index in [2.05, 4.69) is 13.8 Å². The first-order valence-electron chi connectivity index (χ1n) is 6.13.